The molecule has 0 saturated heterocycles. The van der Waals surface area contributed by atoms with Gasteiger partial charge in [-0.05, 0) is 49.9 Å². The number of hydrogen-bond donors (Lipinski definition) is 1. The van der Waals surface area contributed by atoms with Gasteiger partial charge in [-0.15, -0.1) is 0 Å². The Kier molecular flexibility index (Phi) is 6.57. The molecule has 0 heterocycles. The number of hydrogen-bond acceptors (Lipinski definition) is 3. The van der Waals surface area contributed by atoms with E-state index in [1.165, 1.54) is 23.8 Å². The Hall–Kier alpha value is -1.35. The maximum Gasteiger partial charge on any atom is 0.309 e. The molecule has 1 aromatic carbocycles. The molecule has 0 spiro atoms. The lowest BCUT2D eigenvalue weighted by molar-refractivity contribution is -0.145. The Morgan fingerprint density at radius 3 is 2.63 bits per heavy atom. The standard InChI is InChI=1S/C16H25NO2/c1-5-15(16(18)19-4)11-17-9-8-14-7-6-12(2)13(3)10-14/h6-7,10,15,17H,5,8-9,11H2,1-4H3. The molecule has 0 aliphatic rings. The van der Waals surface area contributed by atoms with Crippen molar-refractivity contribution in [1.82, 2.24) is 5.32 Å². The van der Waals surface area contributed by atoms with E-state index < -0.39 is 0 Å². The summed E-state index contributed by atoms with van der Waals surface area (Å²) >= 11 is 0. The van der Waals surface area contributed by atoms with Crippen LogP contribution in [0.25, 0.3) is 0 Å². The molecular formula is C16H25NO2. The molecule has 0 fully saturated rings. The molecule has 1 N–H and O–H groups in total. The maximum atomic E-state index is 11.4. The molecule has 1 rings (SSSR count). The van der Waals surface area contributed by atoms with Gasteiger partial charge in [-0.1, -0.05) is 25.1 Å². The highest BCUT2D eigenvalue weighted by Gasteiger charge is 2.15. The zero-order chi connectivity index (χ0) is 14.3. The molecule has 106 valence electrons. The summed E-state index contributed by atoms with van der Waals surface area (Å²) in [5.41, 5.74) is 3.99. The number of methoxy groups -OCH3 is 1. The average molecular weight is 263 g/mol. The normalized spacial score (nSPS) is 12.2. The van der Waals surface area contributed by atoms with Crippen LogP contribution in [0.3, 0.4) is 0 Å². The van der Waals surface area contributed by atoms with Gasteiger partial charge in [0.2, 0.25) is 0 Å². The highest BCUT2D eigenvalue weighted by Crippen LogP contribution is 2.10. The van der Waals surface area contributed by atoms with Gasteiger partial charge >= 0.3 is 5.97 Å². The Morgan fingerprint density at radius 2 is 2.05 bits per heavy atom. The van der Waals surface area contributed by atoms with Crippen LogP contribution in [-0.2, 0) is 16.0 Å². The smallest absolute Gasteiger partial charge is 0.309 e. The van der Waals surface area contributed by atoms with E-state index in [4.69, 9.17) is 4.74 Å². The minimum absolute atomic E-state index is 0.0373. The summed E-state index contributed by atoms with van der Waals surface area (Å²) in [4.78, 5) is 11.4. The predicted molar refractivity (Wildman–Crippen MR) is 78.3 cm³/mol. The second-order valence-electron chi connectivity index (χ2n) is 5.00. The largest absolute Gasteiger partial charge is 0.469 e. The Morgan fingerprint density at radius 1 is 1.32 bits per heavy atom. The van der Waals surface area contributed by atoms with Crippen LogP contribution in [0, 0.1) is 19.8 Å². The molecule has 19 heavy (non-hydrogen) atoms. The third-order valence-electron chi connectivity index (χ3n) is 3.58. The Balaban J connectivity index is 2.34. The molecule has 1 aromatic rings. The molecule has 1 unspecified atom stereocenters. The zero-order valence-corrected chi connectivity index (χ0v) is 12.5. The van der Waals surface area contributed by atoms with Crippen molar-refractivity contribution in [2.24, 2.45) is 5.92 Å². The number of aryl methyl sites for hydroxylation is 2. The van der Waals surface area contributed by atoms with Crippen molar-refractivity contribution in [2.45, 2.75) is 33.6 Å². The number of ether oxygens (including phenoxy) is 1. The highest BCUT2D eigenvalue weighted by atomic mass is 16.5. The van der Waals surface area contributed by atoms with Crippen LogP contribution in [0.2, 0.25) is 0 Å². The van der Waals surface area contributed by atoms with Gasteiger partial charge < -0.3 is 10.1 Å². The van der Waals surface area contributed by atoms with Crippen molar-refractivity contribution in [3.8, 4) is 0 Å². The van der Waals surface area contributed by atoms with Crippen molar-refractivity contribution >= 4 is 5.97 Å². The summed E-state index contributed by atoms with van der Waals surface area (Å²) in [5, 5.41) is 3.33. The molecular weight excluding hydrogens is 238 g/mol. The van der Waals surface area contributed by atoms with E-state index in [2.05, 4.69) is 37.4 Å². The summed E-state index contributed by atoms with van der Waals surface area (Å²) in [6.45, 7) is 7.84. The average Bonchev–Trinajstić information content (AvgIpc) is 2.42. The van der Waals surface area contributed by atoms with Crippen LogP contribution >= 0.6 is 0 Å². The van der Waals surface area contributed by atoms with Crippen molar-refractivity contribution in [3.63, 3.8) is 0 Å². The third-order valence-corrected chi connectivity index (χ3v) is 3.58. The van der Waals surface area contributed by atoms with Gasteiger partial charge in [0, 0.05) is 6.54 Å². The summed E-state index contributed by atoms with van der Waals surface area (Å²) < 4.78 is 4.77. The first kappa shape index (κ1) is 15.7. The highest BCUT2D eigenvalue weighted by molar-refractivity contribution is 5.72. The number of nitrogens with one attached hydrogen (secondary N) is 1. The fraction of sp³-hybridized carbons (Fsp3) is 0.562. The second-order valence-corrected chi connectivity index (χ2v) is 5.00. The van der Waals surface area contributed by atoms with Crippen LogP contribution in [0.1, 0.15) is 30.0 Å². The fourth-order valence-electron chi connectivity index (χ4n) is 2.03. The maximum absolute atomic E-state index is 11.4. The molecule has 0 aliphatic carbocycles. The second kappa shape index (κ2) is 7.95. The van der Waals surface area contributed by atoms with E-state index in [9.17, 15) is 4.79 Å². The van der Waals surface area contributed by atoms with Gasteiger partial charge in [-0.2, -0.15) is 0 Å². The summed E-state index contributed by atoms with van der Waals surface area (Å²) in [7, 11) is 1.44. The van der Waals surface area contributed by atoms with E-state index in [-0.39, 0.29) is 11.9 Å². The minimum Gasteiger partial charge on any atom is -0.469 e. The summed E-state index contributed by atoms with van der Waals surface area (Å²) in [5.74, 6) is -0.161. The number of carbonyl (C=O) groups excluding carboxylic acids is 1. The van der Waals surface area contributed by atoms with Crippen LogP contribution in [0.15, 0.2) is 18.2 Å². The number of esters is 1. The first-order valence-corrected chi connectivity index (χ1v) is 6.93. The van der Waals surface area contributed by atoms with Gasteiger partial charge in [0.15, 0.2) is 0 Å². The van der Waals surface area contributed by atoms with Gasteiger partial charge in [0.25, 0.3) is 0 Å². The molecule has 0 amide bonds. The van der Waals surface area contributed by atoms with Crippen molar-refractivity contribution < 1.29 is 9.53 Å². The lowest BCUT2D eigenvalue weighted by Gasteiger charge is -2.13. The first-order valence-electron chi connectivity index (χ1n) is 6.93. The molecule has 0 aliphatic heterocycles. The topological polar surface area (TPSA) is 38.3 Å². The van der Waals surface area contributed by atoms with Crippen LogP contribution in [-0.4, -0.2) is 26.2 Å². The molecule has 0 aromatic heterocycles. The Bertz CT molecular complexity index is 415. The van der Waals surface area contributed by atoms with E-state index in [1.807, 2.05) is 6.92 Å². The minimum atomic E-state index is -0.124. The number of rotatable bonds is 7. The van der Waals surface area contributed by atoms with Gasteiger partial charge in [0.1, 0.15) is 0 Å². The quantitative estimate of drug-likeness (QED) is 0.607. The van der Waals surface area contributed by atoms with Crippen molar-refractivity contribution in [2.75, 3.05) is 20.2 Å². The third kappa shape index (κ3) is 5.03. The van der Waals surface area contributed by atoms with Crippen molar-refractivity contribution in [1.29, 1.82) is 0 Å². The summed E-state index contributed by atoms with van der Waals surface area (Å²) in [6.07, 6.45) is 1.79. The van der Waals surface area contributed by atoms with E-state index >= 15 is 0 Å². The van der Waals surface area contributed by atoms with Gasteiger partial charge in [-0.3, -0.25) is 4.79 Å². The lowest BCUT2D eigenvalue weighted by atomic mass is 10.0. The monoisotopic (exact) mass is 263 g/mol. The van der Waals surface area contributed by atoms with E-state index in [0.29, 0.717) is 6.54 Å². The van der Waals surface area contributed by atoms with Crippen molar-refractivity contribution in [3.05, 3.63) is 34.9 Å². The predicted octanol–water partition coefficient (Wildman–Crippen LogP) is 2.63. The van der Waals surface area contributed by atoms with Gasteiger partial charge in [-0.25, -0.2) is 0 Å². The molecule has 0 bridgehead atoms. The lowest BCUT2D eigenvalue weighted by Crippen LogP contribution is -2.30. The fourth-order valence-corrected chi connectivity index (χ4v) is 2.03. The molecule has 0 saturated carbocycles. The molecule has 0 radical (unpaired) electrons. The first-order chi connectivity index (χ1) is 9.08. The SMILES string of the molecule is CCC(CNCCc1ccc(C)c(C)c1)C(=O)OC. The van der Waals surface area contributed by atoms with Crippen LogP contribution in [0.5, 0.6) is 0 Å². The zero-order valence-electron chi connectivity index (χ0n) is 12.5. The molecule has 3 nitrogen and oxygen atoms in total. The Labute approximate surface area is 116 Å². The van der Waals surface area contributed by atoms with E-state index in [1.54, 1.807) is 0 Å². The number of benzene rings is 1. The van der Waals surface area contributed by atoms with Crippen LogP contribution in [0.4, 0.5) is 0 Å². The van der Waals surface area contributed by atoms with Gasteiger partial charge in [0.05, 0.1) is 13.0 Å². The molecule has 1 atom stereocenters. The van der Waals surface area contributed by atoms with E-state index in [0.717, 1.165) is 19.4 Å². The molecule has 3 heteroatoms. The number of carbonyl (C=O) groups is 1. The summed E-state index contributed by atoms with van der Waals surface area (Å²) in [6, 6.07) is 6.56. The van der Waals surface area contributed by atoms with Crippen LogP contribution < -0.4 is 5.32 Å².